The van der Waals surface area contributed by atoms with E-state index in [1.165, 1.54) is 11.3 Å². The van der Waals surface area contributed by atoms with Gasteiger partial charge in [0.15, 0.2) is 0 Å². The van der Waals surface area contributed by atoms with E-state index >= 15 is 0 Å². The van der Waals surface area contributed by atoms with Gasteiger partial charge < -0.3 is 5.32 Å². The largest absolute Gasteiger partial charge is 0.312 e. The van der Waals surface area contributed by atoms with Crippen molar-refractivity contribution in [3.05, 3.63) is 16.3 Å². The highest BCUT2D eigenvalue weighted by atomic mass is 32.2. The van der Waals surface area contributed by atoms with Crippen molar-refractivity contribution in [3.63, 3.8) is 0 Å². The SMILES string of the molecule is CCCNCc1cc(S(=O)(=O)NC2CC2(C)C)cs1. The fourth-order valence-electron chi connectivity index (χ4n) is 1.91. The first kappa shape index (κ1) is 15.0. The molecule has 108 valence electrons. The molecule has 6 heteroatoms. The van der Waals surface area contributed by atoms with Crippen LogP contribution in [0.4, 0.5) is 0 Å². The van der Waals surface area contributed by atoms with E-state index in [9.17, 15) is 8.42 Å². The molecule has 0 bridgehead atoms. The molecule has 0 aliphatic heterocycles. The maximum atomic E-state index is 12.2. The number of hydrogen-bond donors (Lipinski definition) is 2. The Bertz CT molecular complexity index is 535. The summed E-state index contributed by atoms with van der Waals surface area (Å²) < 4.78 is 27.2. The van der Waals surface area contributed by atoms with Gasteiger partial charge in [0.2, 0.25) is 10.0 Å². The summed E-state index contributed by atoms with van der Waals surface area (Å²) in [7, 11) is -3.35. The maximum Gasteiger partial charge on any atom is 0.241 e. The predicted molar refractivity (Wildman–Crippen MR) is 78.8 cm³/mol. The molecule has 2 N–H and O–H groups in total. The van der Waals surface area contributed by atoms with E-state index in [1.54, 1.807) is 11.4 Å². The second kappa shape index (κ2) is 5.52. The van der Waals surface area contributed by atoms with E-state index in [0.717, 1.165) is 30.8 Å². The van der Waals surface area contributed by atoms with Crippen LogP contribution in [0.25, 0.3) is 0 Å². The summed E-state index contributed by atoms with van der Waals surface area (Å²) in [6.07, 6.45) is 2.00. The van der Waals surface area contributed by atoms with Gasteiger partial charge in [-0.15, -0.1) is 11.3 Å². The Morgan fingerprint density at radius 3 is 2.74 bits per heavy atom. The summed E-state index contributed by atoms with van der Waals surface area (Å²) in [4.78, 5) is 1.46. The third-order valence-corrected chi connectivity index (χ3v) is 6.01. The van der Waals surface area contributed by atoms with E-state index in [0.29, 0.717) is 4.90 Å². The second-order valence-corrected chi connectivity index (χ2v) is 8.50. The fourth-order valence-corrected chi connectivity index (χ4v) is 4.56. The van der Waals surface area contributed by atoms with Gasteiger partial charge in [0.1, 0.15) is 0 Å². The summed E-state index contributed by atoms with van der Waals surface area (Å²) in [5, 5.41) is 5.00. The molecule has 2 rings (SSSR count). The second-order valence-electron chi connectivity index (χ2n) is 5.79. The van der Waals surface area contributed by atoms with Crippen molar-refractivity contribution in [2.45, 2.75) is 51.1 Å². The molecule has 1 unspecified atom stereocenters. The quantitative estimate of drug-likeness (QED) is 0.760. The maximum absolute atomic E-state index is 12.2. The molecule has 19 heavy (non-hydrogen) atoms. The van der Waals surface area contributed by atoms with Crippen LogP contribution in [0.5, 0.6) is 0 Å². The summed E-state index contributed by atoms with van der Waals surface area (Å²) in [6, 6.07) is 1.85. The predicted octanol–water partition coefficient (Wildman–Crippen LogP) is 2.32. The van der Waals surface area contributed by atoms with E-state index in [4.69, 9.17) is 0 Å². The van der Waals surface area contributed by atoms with Crippen LogP contribution in [-0.4, -0.2) is 21.0 Å². The average Bonchev–Trinajstić information content (AvgIpc) is 2.77. The molecular weight excluding hydrogens is 280 g/mol. The molecule has 0 saturated heterocycles. The van der Waals surface area contributed by atoms with Crippen molar-refractivity contribution < 1.29 is 8.42 Å². The highest BCUT2D eigenvalue weighted by Crippen LogP contribution is 2.45. The van der Waals surface area contributed by atoms with Crippen LogP contribution in [0.15, 0.2) is 16.3 Å². The molecule has 1 aliphatic carbocycles. The van der Waals surface area contributed by atoms with Crippen molar-refractivity contribution in [1.29, 1.82) is 0 Å². The lowest BCUT2D eigenvalue weighted by Gasteiger charge is -2.06. The zero-order valence-electron chi connectivity index (χ0n) is 11.7. The average molecular weight is 302 g/mol. The Kier molecular flexibility index (Phi) is 4.35. The van der Waals surface area contributed by atoms with Crippen LogP contribution < -0.4 is 10.0 Å². The number of rotatable bonds is 7. The van der Waals surface area contributed by atoms with Crippen molar-refractivity contribution in [3.8, 4) is 0 Å². The van der Waals surface area contributed by atoms with Gasteiger partial charge in [-0.1, -0.05) is 20.8 Å². The summed E-state index contributed by atoms with van der Waals surface area (Å²) >= 11 is 1.49. The molecular formula is C13H22N2O2S2. The van der Waals surface area contributed by atoms with Crippen LogP contribution in [0.3, 0.4) is 0 Å². The first-order chi connectivity index (χ1) is 8.85. The first-order valence-corrected chi connectivity index (χ1v) is 9.02. The van der Waals surface area contributed by atoms with Gasteiger partial charge >= 0.3 is 0 Å². The topological polar surface area (TPSA) is 58.2 Å². The Morgan fingerprint density at radius 2 is 2.16 bits per heavy atom. The summed E-state index contributed by atoms with van der Waals surface area (Å²) in [6.45, 7) is 7.96. The van der Waals surface area contributed by atoms with Gasteiger partial charge in [0, 0.05) is 22.8 Å². The highest BCUT2D eigenvalue weighted by molar-refractivity contribution is 7.89. The van der Waals surface area contributed by atoms with Gasteiger partial charge in [-0.2, -0.15) is 0 Å². The summed E-state index contributed by atoms with van der Waals surface area (Å²) in [5.74, 6) is 0. The van der Waals surface area contributed by atoms with Crippen molar-refractivity contribution in [2.24, 2.45) is 5.41 Å². The van der Waals surface area contributed by atoms with Crippen molar-refractivity contribution in [1.82, 2.24) is 10.0 Å². The molecule has 4 nitrogen and oxygen atoms in total. The zero-order chi connectivity index (χ0) is 14.1. The number of thiophene rings is 1. The summed E-state index contributed by atoms with van der Waals surface area (Å²) in [5.41, 5.74) is 0.106. The van der Waals surface area contributed by atoms with Crippen LogP contribution in [-0.2, 0) is 16.6 Å². The van der Waals surface area contributed by atoms with Crippen LogP contribution in [0.1, 0.15) is 38.5 Å². The molecule has 1 aliphatic rings. The lowest BCUT2D eigenvalue weighted by Crippen LogP contribution is -2.28. The lowest BCUT2D eigenvalue weighted by atomic mass is 10.2. The number of hydrogen-bond acceptors (Lipinski definition) is 4. The number of nitrogens with one attached hydrogen (secondary N) is 2. The molecule has 0 radical (unpaired) electrons. The van der Waals surface area contributed by atoms with Crippen LogP contribution >= 0.6 is 11.3 Å². The van der Waals surface area contributed by atoms with Crippen LogP contribution in [0, 0.1) is 5.41 Å². The molecule has 0 spiro atoms. The smallest absolute Gasteiger partial charge is 0.241 e. The Hall–Kier alpha value is -0.430. The highest BCUT2D eigenvalue weighted by Gasteiger charge is 2.47. The fraction of sp³-hybridized carbons (Fsp3) is 0.692. The van der Waals surface area contributed by atoms with Crippen molar-refractivity contribution >= 4 is 21.4 Å². The molecule has 1 fully saturated rings. The minimum atomic E-state index is -3.35. The van der Waals surface area contributed by atoms with Gasteiger partial charge in [-0.05, 0) is 30.9 Å². The van der Waals surface area contributed by atoms with E-state index < -0.39 is 10.0 Å². The molecule has 1 aromatic heterocycles. The molecule has 1 heterocycles. The minimum Gasteiger partial charge on any atom is -0.312 e. The zero-order valence-corrected chi connectivity index (χ0v) is 13.3. The van der Waals surface area contributed by atoms with E-state index in [1.807, 2.05) is 0 Å². The lowest BCUT2D eigenvalue weighted by molar-refractivity contribution is 0.555. The van der Waals surface area contributed by atoms with Gasteiger partial charge in [0.25, 0.3) is 0 Å². The van der Waals surface area contributed by atoms with E-state index in [-0.39, 0.29) is 11.5 Å². The standard InChI is InChI=1S/C13H22N2O2S2/c1-4-5-14-8-10-6-11(9-18-10)19(16,17)15-12-7-13(12,2)3/h6,9,12,14-15H,4-5,7-8H2,1-3H3. The van der Waals surface area contributed by atoms with Crippen molar-refractivity contribution in [2.75, 3.05) is 6.54 Å². The Morgan fingerprint density at radius 1 is 1.47 bits per heavy atom. The first-order valence-electron chi connectivity index (χ1n) is 6.65. The van der Waals surface area contributed by atoms with E-state index in [2.05, 4.69) is 30.8 Å². The molecule has 1 saturated carbocycles. The Balaban J connectivity index is 1.97. The van der Waals surface area contributed by atoms with Gasteiger partial charge in [0.05, 0.1) is 4.90 Å². The normalized spacial score (nSPS) is 21.5. The monoisotopic (exact) mass is 302 g/mol. The molecule has 0 amide bonds. The third kappa shape index (κ3) is 3.78. The number of sulfonamides is 1. The molecule has 1 aromatic rings. The van der Waals surface area contributed by atoms with Gasteiger partial charge in [-0.25, -0.2) is 13.1 Å². The molecule has 1 atom stereocenters. The minimum absolute atomic E-state index is 0.0825. The molecule has 0 aromatic carbocycles. The van der Waals surface area contributed by atoms with Gasteiger partial charge in [-0.3, -0.25) is 0 Å². The third-order valence-electron chi connectivity index (χ3n) is 3.48. The Labute approximate surface area is 119 Å². The van der Waals surface area contributed by atoms with Crippen LogP contribution in [0.2, 0.25) is 0 Å².